The predicted octanol–water partition coefficient (Wildman–Crippen LogP) is 6.16. The molecule has 0 fully saturated rings. The minimum atomic E-state index is 0.246. The molecule has 2 heteroatoms. The lowest BCUT2D eigenvalue weighted by Gasteiger charge is -2.09. The monoisotopic (exact) mass is 338 g/mol. The molecule has 0 saturated carbocycles. The first-order valence-electron chi connectivity index (χ1n) is 7.96. The van der Waals surface area contributed by atoms with Gasteiger partial charge in [0.25, 0.3) is 0 Å². The molecule has 0 heterocycles. The van der Waals surface area contributed by atoms with Crippen molar-refractivity contribution in [2.45, 2.75) is 69.5 Å². The van der Waals surface area contributed by atoms with Gasteiger partial charge in [0, 0.05) is 16.8 Å². The van der Waals surface area contributed by atoms with Gasteiger partial charge in [-0.05, 0) is 6.42 Å². The SMILES string of the molecule is CCCCCCCCCC(Br)CC(=O)c1ccccc1. The number of unbranched alkanes of at least 4 members (excludes halogenated alkanes) is 6. The first kappa shape index (κ1) is 17.4. The summed E-state index contributed by atoms with van der Waals surface area (Å²) in [7, 11) is 0. The van der Waals surface area contributed by atoms with Crippen LogP contribution in [0.1, 0.15) is 75.1 Å². The van der Waals surface area contributed by atoms with Crippen LogP contribution in [0.4, 0.5) is 0 Å². The molecule has 0 aromatic heterocycles. The number of carbonyl (C=O) groups excluding carboxylic acids is 1. The van der Waals surface area contributed by atoms with Gasteiger partial charge in [-0.25, -0.2) is 0 Å². The van der Waals surface area contributed by atoms with Crippen LogP contribution in [0.15, 0.2) is 30.3 Å². The van der Waals surface area contributed by atoms with Gasteiger partial charge in [-0.2, -0.15) is 0 Å². The molecule has 0 aliphatic rings. The van der Waals surface area contributed by atoms with Crippen molar-refractivity contribution in [3.63, 3.8) is 0 Å². The largest absolute Gasteiger partial charge is 0.294 e. The van der Waals surface area contributed by atoms with Crippen LogP contribution in [0.2, 0.25) is 0 Å². The Kier molecular flexibility index (Phi) is 9.65. The van der Waals surface area contributed by atoms with Crippen molar-refractivity contribution in [1.29, 1.82) is 0 Å². The highest BCUT2D eigenvalue weighted by atomic mass is 79.9. The number of rotatable bonds is 11. The van der Waals surface area contributed by atoms with E-state index in [4.69, 9.17) is 0 Å². The van der Waals surface area contributed by atoms with Crippen LogP contribution in [0.3, 0.4) is 0 Å². The fourth-order valence-corrected chi connectivity index (χ4v) is 2.99. The zero-order valence-electron chi connectivity index (χ0n) is 12.6. The Bertz CT molecular complexity index is 361. The van der Waals surface area contributed by atoms with Crippen molar-refractivity contribution in [2.75, 3.05) is 0 Å². The molecule has 112 valence electrons. The first-order valence-corrected chi connectivity index (χ1v) is 8.88. The molecule has 1 nitrogen and oxygen atoms in total. The smallest absolute Gasteiger partial charge is 0.163 e. The third kappa shape index (κ3) is 7.84. The van der Waals surface area contributed by atoms with Crippen LogP contribution in [-0.2, 0) is 0 Å². The van der Waals surface area contributed by atoms with Gasteiger partial charge in [-0.15, -0.1) is 0 Å². The molecular formula is C18H27BrO. The lowest BCUT2D eigenvalue weighted by atomic mass is 10.0. The van der Waals surface area contributed by atoms with Gasteiger partial charge >= 0.3 is 0 Å². The molecule has 1 unspecified atom stereocenters. The summed E-state index contributed by atoms with van der Waals surface area (Å²) >= 11 is 3.65. The number of ketones is 1. The van der Waals surface area contributed by atoms with Gasteiger partial charge in [-0.3, -0.25) is 4.79 Å². The second-order valence-electron chi connectivity index (χ2n) is 5.50. The van der Waals surface area contributed by atoms with Crippen molar-refractivity contribution < 1.29 is 4.79 Å². The summed E-state index contributed by atoms with van der Waals surface area (Å²) in [5.74, 6) is 0.246. The maximum Gasteiger partial charge on any atom is 0.163 e. The minimum absolute atomic E-state index is 0.246. The fraction of sp³-hybridized carbons (Fsp3) is 0.611. The summed E-state index contributed by atoms with van der Waals surface area (Å²) < 4.78 is 0. The molecule has 0 radical (unpaired) electrons. The number of benzene rings is 1. The number of hydrogen-bond donors (Lipinski definition) is 0. The summed E-state index contributed by atoms with van der Waals surface area (Å²) in [6.45, 7) is 2.25. The molecule has 0 aliphatic carbocycles. The Morgan fingerprint density at radius 2 is 1.60 bits per heavy atom. The van der Waals surface area contributed by atoms with Gasteiger partial charge in [0.05, 0.1) is 0 Å². The number of alkyl halides is 1. The zero-order valence-corrected chi connectivity index (χ0v) is 14.2. The topological polar surface area (TPSA) is 17.1 Å². The van der Waals surface area contributed by atoms with E-state index in [1.807, 2.05) is 30.3 Å². The number of Topliss-reactive ketones (excluding diaryl/α,β-unsaturated/α-hetero) is 1. The molecule has 0 N–H and O–H groups in total. The number of hydrogen-bond acceptors (Lipinski definition) is 1. The second kappa shape index (κ2) is 11.1. The van der Waals surface area contributed by atoms with E-state index in [9.17, 15) is 4.79 Å². The third-order valence-corrected chi connectivity index (χ3v) is 4.41. The van der Waals surface area contributed by atoms with Gasteiger partial charge in [-0.1, -0.05) is 98.1 Å². The van der Waals surface area contributed by atoms with E-state index >= 15 is 0 Å². The highest BCUT2D eigenvalue weighted by Gasteiger charge is 2.11. The van der Waals surface area contributed by atoms with E-state index in [0.717, 1.165) is 12.0 Å². The highest BCUT2D eigenvalue weighted by Crippen LogP contribution is 2.18. The lowest BCUT2D eigenvalue weighted by Crippen LogP contribution is -2.08. The summed E-state index contributed by atoms with van der Waals surface area (Å²) in [6, 6.07) is 9.59. The van der Waals surface area contributed by atoms with Crippen molar-refractivity contribution in [3.8, 4) is 0 Å². The van der Waals surface area contributed by atoms with Crippen LogP contribution in [0.5, 0.6) is 0 Å². The summed E-state index contributed by atoms with van der Waals surface area (Å²) in [5.41, 5.74) is 0.830. The Hall–Kier alpha value is -0.630. The summed E-state index contributed by atoms with van der Waals surface area (Å²) in [5, 5.41) is 0. The molecule has 0 aliphatic heterocycles. The van der Waals surface area contributed by atoms with E-state index in [2.05, 4.69) is 22.9 Å². The number of halogens is 1. The third-order valence-electron chi connectivity index (χ3n) is 3.62. The van der Waals surface area contributed by atoms with Gasteiger partial charge in [0.2, 0.25) is 0 Å². The normalized spacial score (nSPS) is 12.3. The van der Waals surface area contributed by atoms with Gasteiger partial charge in [0.1, 0.15) is 0 Å². The Morgan fingerprint density at radius 1 is 1.00 bits per heavy atom. The van der Waals surface area contributed by atoms with E-state index in [1.54, 1.807) is 0 Å². The number of carbonyl (C=O) groups is 1. The zero-order chi connectivity index (χ0) is 14.6. The Morgan fingerprint density at radius 3 is 2.25 bits per heavy atom. The maximum atomic E-state index is 12.0. The Balaban J connectivity index is 2.08. The van der Waals surface area contributed by atoms with Crippen molar-refractivity contribution in [3.05, 3.63) is 35.9 Å². The standard InChI is InChI=1S/C18H27BrO/c1-2-3-4-5-6-7-11-14-17(19)15-18(20)16-12-9-8-10-13-16/h8-10,12-13,17H,2-7,11,14-15H2,1H3. The average molecular weight is 339 g/mol. The molecule has 0 spiro atoms. The van der Waals surface area contributed by atoms with E-state index in [1.165, 1.54) is 44.9 Å². The van der Waals surface area contributed by atoms with Crippen LogP contribution in [-0.4, -0.2) is 10.6 Å². The van der Waals surface area contributed by atoms with Crippen molar-refractivity contribution in [1.82, 2.24) is 0 Å². The lowest BCUT2D eigenvalue weighted by molar-refractivity contribution is 0.0981. The minimum Gasteiger partial charge on any atom is -0.294 e. The Labute approximate surface area is 132 Å². The molecule has 0 amide bonds. The molecule has 1 atom stereocenters. The van der Waals surface area contributed by atoms with Crippen LogP contribution in [0.25, 0.3) is 0 Å². The molecule has 0 saturated heterocycles. The highest BCUT2D eigenvalue weighted by molar-refractivity contribution is 9.09. The summed E-state index contributed by atoms with van der Waals surface area (Å²) in [6.07, 6.45) is 11.0. The predicted molar refractivity (Wildman–Crippen MR) is 90.7 cm³/mol. The van der Waals surface area contributed by atoms with E-state index in [-0.39, 0.29) is 5.78 Å². The first-order chi connectivity index (χ1) is 9.74. The van der Waals surface area contributed by atoms with Gasteiger partial charge < -0.3 is 0 Å². The fourth-order valence-electron chi connectivity index (χ4n) is 2.37. The van der Waals surface area contributed by atoms with Crippen LogP contribution in [0, 0.1) is 0 Å². The van der Waals surface area contributed by atoms with Gasteiger partial charge in [0.15, 0.2) is 5.78 Å². The quantitative estimate of drug-likeness (QED) is 0.268. The van der Waals surface area contributed by atoms with Crippen molar-refractivity contribution in [2.24, 2.45) is 0 Å². The van der Waals surface area contributed by atoms with E-state index < -0.39 is 0 Å². The molecule has 1 aromatic rings. The van der Waals surface area contributed by atoms with Crippen LogP contribution >= 0.6 is 15.9 Å². The summed E-state index contributed by atoms with van der Waals surface area (Å²) in [4.78, 5) is 12.4. The van der Waals surface area contributed by atoms with Crippen LogP contribution < -0.4 is 0 Å². The molecular weight excluding hydrogens is 312 g/mol. The molecule has 0 bridgehead atoms. The van der Waals surface area contributed by atoms with E-state index in [0.29, 0.717) is 11.2 Å². The maximum absolute atomic E-state index is 12.0. The second-order valence-corrected chi connectivity index (χ2v) is 6.80. The molecule has 1 aromatic carbocycles. The average Bonchev–Trinajstić information content (AvgIpc) is 2.47. The molecule has 20 heavy (non-hydrogen) atoms. The van der Waals surface area contributed by atoms with Crippen molar-refractivity contribution >= 4 is 21.7 Å². The molecule has 1 rings (SSSR count).